The summed E-state index contributed by atoms with van der Waals surface area (Å²) in [7, 11) is 4.35. The summed E-state index contributed by atoms with van der Waals surface area (Å²) in [5, 5.41) is 0. The van der Waals surface area contributed by atoms with Crippen molar-refractivity contribution >= 4 is 0 Å². The maximum atomic E-state index is 6.12. The minimum atomic E-state index is 0.319. The Balaban J connectivity index is 1.70. The number of hydrogen-bond donors (Lipinski definition) is 0. The van der Waals surface area contributed by atoms with E-state index in [2.05, 4.69) is 43.2 Å². The lowest BCUT2D eigenvalue weighted by Gasteiger charge is -2.35. The summed E-state index contributed by atoms with van der Waals surface area (Å²) in [5.41, 5.74) is 0. The third kappa shape index (κ3) is 11.1. The maximum absolute atomic E-state index is 6.12. The van der Waals surface area contributed by atoms with Gasteiger partial charge < -0.3 is 33.3 Å². The van der Waals surface area contributed by atoms with Gasteiger partial charge >= 0.3 is 0 Å². The second kappa shape index (κ2) is 16.5. The summed E-state index contributed by atoms with van der Waals surface area (Å²) in [5.74, 6) is 0. The number of hydrogen-bond acceptors (Lipinski definition) is 9. The Bertz CT molecular complexity index is 623. The van der Waals surface area contributed by atoms with E-state index in [0.29, 0.717) is 25.9 Å². The molecular formula is C24H46N6O4. The first-order chi connectivity index (χ1) is 16.7. The molecule has 2 fully saturated rings. The van der Waals surface area contributed by atoms with Gasteiger partial charge in [0.15, 0.2) is 0 Å². The van der Waals surface area contributed by atoms with E-state index < -0.39 is 0 Å². The Morgan fingerprint density at radius 3 is 1.91 bits per heavy atom. The highest BCUT2D eigenvalue weighted by atomic mass is 16.5. The second-order valence-electron chi connectivity index (χ2n) is 9.31. The largest absolute Gasteiger partial charge is 0.379 e. The first-order valence-electron chi connectivity index (χ1n) is 12.8. The van der Waals surface area contributed by atoms with E-state index in [1.54, 1.807) is 0 Å². The lowest BCUT2D eigenvalue weighted by atomic mass is 10.2. The van der Waals surface area contributed by atoms with Crippen LogP contribution in [0.1, 0.15) is 0 Å². The van der Waals surface area contributed by atoms with E-state index in [1.165, 1.54) is 0 Å². The maximum Gasteiger partial charge on any atom is 0.0946 e. The van der Waals surface area contributed by atoms with Gasteiger partial charge in [-0.1, -0.05) is 0 Å². The minimum Gasteiger partial charge on any atom is -0.379 e. The molecule has 1 aromatic heterocycles. The van der Waals surface area contributed by atoms with Crippen LogP contribution in [0.4, 0.5) is 0 Å². The molecule has 0 saturated carbocycles. The Morgan fingerprint density at radius 2 is 1.26 bits per heavy atom. The minimum absolute atomic E-state index is 0.319. The van der Waals surface area contributed by atoms with Crippen molar-refractivity contribution in [1.82, 2.24) is 29.2 Å². The average molecular weight is 483 g/mol. The van der Waals surface area contributed by atoms with E-state index in [-0.39, 0.29) is 0 Å². The molecule has 0 N–H and O–H groups in total. The Kier molecular flexibility index (Phi) is 13.4. The van der Waals surface area contributed by atoms with Crippen molar-refractivity contribution in [3.05, 3.63) is 18.7 Å². The van der Waals surface area contributed by atoms with E-state index in [9.17, 15) is 0 Å². The quantitative estimate of drug-likeness (QED) is 0.534. The Labute approximate surface area is 205 Å². The van der Waals surface area contributed by atoms with Crippen molar-refractivity contribution in [2.45, 2.75) is 12.6 Å². The Morgan fingerprint density at radius 1 is 0.676 bits per heavy atom. The molecule has 2 aliphatic rings. The van der Waals surface area contributed by atoms with E-state index in [1.807, 2.05) is 18.7 Å². The normalized spacial score (nSPS) is 29.5. The smallest absolute Gasteiger partial charge is 0.0946 e. The zero-order valence-electron chi connectivity index (χ0n) is 21.4. The summed E-state index contributed by atoms with van der Waals surface area (Å²) < 4.78 is 26.0. The van der Waals surface area contributed by atoms with Gasteiger partial charge in [0.05, 0.1) is 59.2 Å². The van der Waals surface area contributed by atoms with Crippen molar-refractivity contribution in [3.63, 3.8) is 0 Å². The van der Waals surface area contributed by atoms with Crippen LogP contribution in [0.5, 0.6) is 0 Å². The number of aromatic nitrogens is 2. The SMILES string of the molecule is CN1CCOCCN(C)CC(Cn2ccnc2)N2CCOCCOCCN(CCOCC2)CC1. The van der Waals surface area contributed by atoms with E-state index >= 15 is 0 Å². The van der Waals surface area contributed by atoms with Crippen molar-refractivity contribution in [3.8, 4) is 0 Å². The summed E-state index contributed by atoms with van der Waals surface area (Å²) in [6.45, 7) is 14.9. The van der Waals surface area contributed by atoms with E-state index in [4.69, 9.17) is 18.9 Å². The predicted octanol–water partition coefficient (Wildman–Crippen LogP) is -0.187. The van der Waals surface area contributed by atoms with Crippen LogP contribution in [-0.2, 0) is 25.5 Å². The summed E-state index contributed by atoms with van der Waals surface area (Å²) in [6.07, 6.45) is 5.79. The van der Waals surface area contributed by atoms with Crippen LogP contribution in [0.15, 0.2) is 18.7 Å². The van der Waals surface area contributed by atoms with Gasteiger partial charge in [-0.3, -0.25) is 9.80 Å². The Hall–Kier alpha value is -1.11. The van der Waals surface area contributed by atoms with Crippen LogP contribution in [0, 0.1) is 0 Å². The third-order valence-corrected chi connectivity index (χ3v) is 6.57. The number of ether oxygens (including phenoxy) is 4. The lowest BCUT2D eigenvalue weighted by Crippen LogP contribution is -2.48. The number of imidazole rings is 1. The molecule has 0 aromatic carbocycles. The molecule has 3 rings (SSSR count). The van der Waals surface area contributed by atoms with Crippen molar-refractivity contribution in [2.75, 3.05) is 126 Å². The van der Waals surface area contributed by atoms with Crippen LogP contribution in [-0.4, -0.2) is 161 Å². The summed E-state index contributed by atoms with van der Waals surface area (Å²) in [4.78, 5) is 13.9. The molecule has 0 aliphatic carbocycles. The molecule has 3 atom stereocenters. The van der Waals surface area contributed by atoms with E-state index in [0.717, 1.165) is 98.5 Å². The van der Waals surface area contributed by atoms with Crippen molar-refractivity contribution in [1.29, 1.82) is 0 Å². The van der Waals surface area contributed by atoms with Gasteiger partial charge in [0.1, 0.15) is 0 Å². The van der Waals surface area contributed by atoms with Gasteiger partial charge in [-0.15, -0.1) is 0 Å². The van der Waals surface area contributed by atoms with Crippen molar-refractivity contribution < 1.29 is 18.9 Å². The molecule has 2 saturated heterocycles. The van der Waals surface area contributed by atoms with Crippen LogP contribution < -0.4 is 0 Å². The molecule has 3 unspecified atom stereocenters. The molecule has 2 bridgehead atoms. The van der Waals surface area contributed by atoms with Gasteiger partial charge in [-0.05, 0) is 14.1 Å². The highest BCUT2D eigenvalue weighted by molar-refractivity contribution is 4.81. The molecule has 196 valence electrons. The summed E-state index contributed by atoms with van der Waals surface area (Å²) >= 11 is 0. The molecule has 34 heavy (non-hydrogen) atoms. The third-order valence-electron chi connectivity index (χ3n) is 6.57. The van der Waals surface area contributed by atoms with Gasteiger partial charge in [0.25, 0.3) is 0 Å². The van der Waals surface area contributed by atoms with Crippen molar-refractivity contribution in [2.24, 2.45) is 0 Å². The van der Waals surface area contributed by atoms with Crippen LogP contribution >= 0.6 is 0 Å². The van der Waals surface area contributed by atoms with Gasteiger partial charge in [-0.25, -0.2) is 4.98 Å². The molecule has 10 heteroatoms. The summed E-state index contributed by atoms with van der Waals surface area (Å²) in [6, 6.07) is 0.319. The zero-order valence-corrected chi connectivity index (χ0v) is 21.4. The lowest BCUT2D eigenvalue weighted by molar-refractivity contribution is 0.0218. The zero-order chi connectivity index (χ0) is 23.8. The van der Waals surface area contributed by atoms with Gasteiger partial charge in [0.2, 0.25) is 0 Å². The van der Waals surface area contributed by atoms with Gasteiger partial charge in [-0.2, -0.15) is 0 Å². The van der Waals surface area contributed by atoms with Crippen LogP contribution in [0.25, 0.3) is 0 Å². The first kappa shape index (κ1) is 27.5. The molecule has 1 aromatic rings. The molecule has 0 radical (unpaired) electrons. The predicted molar refractivity (Wildman–Crippen MR) is 132 cm³/mol. The number of fused-ring (bicyclic) bond motifs is 6. The second-order valence-corrected chi connectivity index (χ2v) is 9.31. The fourth-order valence-electron chi connectivity index (χ4n) is 4.33. The molecule has 2 aliphatic heterocycles. The fraction of sp³-hybridized carbons (Fsp3) is 0.875. The standard InChI is InChI=1S/C24H46N6O4/c1-26-5-6-28-9-15-32-17-11-30(12-18-34-20-19-33-16-10-28)24(22-29-4-3-25-23-29)21-27(2)8-14-31-13-7-26/h3-4,23-24H,5-22H2,1-2H3. The monoisotopic (exact) mass is 482 g/mol. The molecular weight excluding hydrogens is 436 g/mol. The topological polar surface area (TPSA) is 67.7 Å². The highest BCUT2D eigenvalue weighted by Crippen LogP contribution is 2.07. The number of nitrogens with zero attached hydrogens (tertiary/aromatic N) is 6. The highest BCUT2D eigenvalue weighted by Gasteiger charge is 2.21. The fourth-order valence-corrected chi connectivity index (χ4v) is 4.33. The number of likely N-dealkylation sites (N-methyl/N-ethyl adjacent to an activating group) is 2. The molecule has 3 heterocycles. The number of rotatable bonds is 2. The molecule has 0 amide bonds. The first-order valence-corrected chi connectivity index (χ1v) is 12.8. The van der Waals surface area contributed by atoms with Gasteiger partial charge in [0, 0.05) is 83.9 Å². The van der Waals surface area contributed by atoms with Crippen LogP contribution in [0.3, 0.4) is 0 Å². The molecule has 0 spiro atoms. The average Bonchev–Trinajstić information content (AvgIpc) is 3.33. The molecule has 10 nitrogen and oxygen atoms in total. The van der Waals surface area contributed by atoms with Crippen LogP contribution in [0.2, 0.25) is 0 Å².